The quantitative estimate of drug-likeness (QED) is 0.662. The van der Waals surface area contributed by atoms with Crippen LogP contribution in [0.2, 0.25) is 5.02 Å². The van der Waals surface area contributed by atoms with Crippen molar-refractivity contribution in [1.82, 2.24) is 0 Å². The van der Waals surface area contributed by atoms with Crippen molar-refractivity contribution in [1.29, 1.82) is 0 Å². The Bertz CT molecular complexity index is 578. The van der Waals surface area contributed by atoms with Crippen LogP contribution in [0.5, 0.6) is 0 Å². The van der Waals surface area contributed by atoms with Crippen LogP contribution in [0.3, 0.4) is 0 Å². The van der Waals surface area contributed by atoms with Gasteiger partial charge in [-0.3, -0.25) is 10.1 Å². The summed E-state index contributed by atoms with van der Waals surface area (Å²) in [5.74, 6) is -0.936. The lowest BCUT2D eigenvalue weighted by Crippen LogP contribution is -2.23. The summed E-state index contributed by atoms with van der Waals surface area (Å²) < 4.78 is 5.10. The Morgan fingerprint density at radius 1 is 1.62 bits per heavy atom. The molecule has 0 aromatic heterocycles. The number of methoxy groups -OCH3 is 1. The molecule has 1 aromatic carbocycles. The number of nitro groups is 1. The summed E-state index contributed by atoms with van der Waals surface area (Å²) >= 11 is 6.09. The minimum atomic E-state index is -1.23. The summed E-state index contributed by atoms with van der Waals surface area (Å²) in [6.07, 6.45) is 0.861. The van der Waals surface area contributed by atoms with Gasteiger partial charge >= 0.3 is 5.97 Å². The maximum absolute atomic E-state index is 11.4. The fourth-order valence-corrected chi connectivity index (χ4v) is 2.92. The third-order valence-electron chi connectivity index (χ3n) is 3.49. The fraction of sp³-hybridized carbons (Fsp3) is 0.462. The van der Waals surface area contributed by atoms with Crippen LogP contribution in [0.1, 0.15) is 16.8 Å². The summed E-state index contributed by atoms with van der Waals surface area (Å²) in [7, 11) is 1.62. The van der Waals surface area contributed by atoms with Gasteiger partial charge in [0.15, 0.2) is 0 Å². The fourth-order valence-electron chi connectivity index (χ4n) is 2.58. The van der Waals surface area contributed by atoms with Crippen molar-refractivity contribution in [2.45, 2.75) is 6.42 Å². The van der Waals surface area contributed by atoms with Crippen molar-refractivity contribution in [3.63, 3.8) is 0 Å². The Morgan fingerprint density at radius 3 is 2.90 bits per heavy atom. The molecule has 0 amide bonds. The molecular formula is C13H15ClN2O5. The van der Waals surface area contributed by atoms with Gasteiger partial charge in [-0.15, -0.1) is 0 Å². The lowest BCUT2D eigenvalue weighted by molar-refractivity contribution is -0.384. The second kappa shape index (κ2) is 6.28. The first-order chi connectivity index (χ1) is 9.93. The van der Waals surface area contributed by atoms with E-state index in [4.69, 9.17) is 16.3 Å². The van der Waals surface area contributed by atoms with Crippen LogP contribution in [0.15, 0.2) is 12.1 Å². The Balaban J connectivity index is 2.39. The number of carbonyl (C=O) groups is 1. The number of non-ortho nitro benzene ring substituents is 1. The van der Waals surface area contributed by atoms with E-state index >= 15 is 0 Å². The first-order valence-corrected chi connectivity index (χ1v) is 6.77. The van der Waals surface area contributed by atoms with E-state index in [9.17, 15) is 20.0 Å². The molecule has 1 heterocycles. The van der Waals surface area contributed by atoms with E-state index in [1.165, 1.54) is 6.07 Å². The van der Waals surface area contributed by atoms with Crippen molar-refractivity contribution in [3.05, 3.63) is 32.8 Å². The molecule has 1 unspecified atom stereocenters. The van der Waals surface area contributed by atoms with Crippen LogP contribution in [0, 0.1) is 16.0 Å². The molecule has 1 aromatic rings. The number of ether oxygens (including phenoxy) is 1. The minimum Gasteiger partial charge on any atom is -0.478 e. The zero-order valence-electron chi connectivity index (χ0n) is 11.4. The number of benzene rings is 1. The maximum Gasteiger partial charge on any atom is 0.338 e. The summed E-state index contributed by atoms with van der Waals surface area (Å²) in [6.45, 7) is 1.85. The number of carboxylic acid groups (broad SMARTS) is 1. The molecule has 7 nitrogen and oxygen atoms in total. The Labute approximate surface area is 126 Å². The second-order valence-electron chi connectivity index (χ2n) is 4.94. The number of carboxylic acids is 1. The van der Waals surface area contributed by atoms with E-state index in [1.807, 2.05) is 4.90 Å². The number of rotatable bonds is 5. The number of aromatic carboxylic acids is 1. The van der Waals surface area contributed by atoms with Crippen LogP contribution < -0.4 is 4.90 Å². The topological polar surface area (TPSA) is 92.9 Å². The van der Waals surface area contributed by atoms with Gasteiger partial charge in [-0.05, 0) is 6.42 Å². The highest BCUT2D eigenvalue weighted by atomic mass is 35.5. The number of nitro benzene ring substituents is 1. The first-order valence-electron chi connectivity index (χ1n) is 6.39. The molecule has 0 bridgehead atoms. The molecule has 0 radical (unpaired) electrons. The number of hydrogen-bond acceptors (Lipinski definition) is 5. The molecule has 21 heavy (non-hydrogen) atoms. The molecule has 0 saturated carbocycles. The van der Waals surface area contributed by atoms with Gasteiger partial charge in [-0.1, -0.05) is 11.6 Å². The van der Waals surface area contributed by atoms with Crippen molar-refractivity contribution in [2.75, 3.05) is 31.7 Å². The lowest BCUT2D eigenvalue weighted by Gasteiger charge is -2.22. The summed E-state index contributed by atoms with van der Waals surface area (Å²) in [5, 5.41) is 20.2. The highest BCUT2D eigenvalue weighted by Crippen LogP contribution is 2.37. The third-order valence-corrected chi connectivity index (χ3v) is 3.78. The van der Waals surface area contributed by atoms with Crippen LogP contribution in [0.4, 0.5) is 11.4 Å². The highest BCUT2D eigenvalue weighted by molar-refractivity contribution is 6.34. The molecular weight excluding hydrogens is 300 g/mol. The van der Waals surface area contributed by atoms with E-state index < -0.39 is 10.9 Å². The second-order valence-corrected chi connectivity index (χ2v) is 5.35. The molecule has 8 heteroatoms. The van der Waals surface area contributed by atoms with E-state index in [-0.39, 0.29) is 16.3 Å². The van der Waals surface area contributed by atoms with Gasteiger partial charge in [0.1, 0.15) is 0 Å². The number of hydrogen-bond donors (Lipinski definition) is 1. The van der Waals surface area contributed by atoms with Crippen molar-refractivity contribution in [3.8, 4) is 0 Å². The highest BCUT2D eigenvalue weighted by Gasteiger charge is 2.29. The zero-order chi connectivity index (χ0) is 15.6. The monoisotopic (exact) mass is 314 g/mol. The lowest BCUT2D eigenvalue weighted by atomic mass is 10.1. The summed E-state index contributed by atoms with van der Waals surface area (Å²) in [4.78, 5) is 23.4. The molecule has 1 N–H and O–H groups in total. The number of nitrogens with zero attached hydrogens (tertiary/aromatic N) is 2. The number of anilines is 1. The largest absolute Gasteiger partial charge is 0.478 e. The van der Waals surface area contributed by atoms with Crippen LogP contribution in [-0.4, -0.2) is 42.8 Å². The predicted octanol–water partition coefficient (Wildman–Crippen LogP) is 2.42. The van der Waals surface area contributed by atoms with Crippen LogP contribution >= 0.6 is 11.6 Å². The van der Waals surface area contributed by atoms with E-state index in [1.54, 1.807) is 7.11 Å². The van der Waals surface area contributed by atoms with Gasteiger partial charge in [0.05, 0.1) is 27.8 Å². The van der Waals surface area contributed by atoms with Gasteiger partial charge < -0.3 is 14.7 Å². The van der Waals surface area contributed by atoms with Crippen LogP contribution in [-0.2, 0) is 4.74 Å². The molecule has 0 aliphatic carbocycles. The van der Waals surface area contributed by atoms with Crippen molar-refractivity contribution < 1.29 is 19.6 Å². The SMILES string of the molecule is COCC1CCN(c2c(Cl)cc([N+](=O)[O-])cc2C(=O)O)C1. The van der Waals surface area contributed by atoms with Crippen molar-refractivity contribution in [2.24, 2.45) is 5.92 Å². The standard InChI is InChI=1S/C13H15ClN2O5/c1-21-7-8-2-3-15(6-8)12-10(13(17)18)4-9(16(19)20)5-11(12)14/h4-5,8H,2-3,6-7H2,1H3,(H,17,18). The summed E-state index contributed by atoms with van der Waals surface area (Å²) in [6, 6.07) is 2.24. The molecule has 114 valence electrons. The Hall–Kier alpha value is -1.86. The molecule has 2 rings (SSSR count). The molecule has 0 spiro atoms. The van der Waals surface area contributed by atoms with E-state index in [2.05, 4.69) is 0 Å². The van der Waals surface area contributed by atoms with E-state index in [0.717, 1.165) is 12.5 Å². The van der Waals surface area contributed by atoms with Gasteiger partial charge in [0, 0.05) is 38.2 Å². The molecule has 1 atom stereocenters. The Kier molecular flexibility index (Phi) is 4.64. The predicted molar refractivity (Wildman–Crippen MR) is 77.3 cm³/mol. The number of halogens is 1. The average Bonchev–Trinajstić information content (AvgIpc) is 2.86. The van der Waals surface area contributed by atoms with E-state index in [0.29, 0.717) is 31.3 Å². The molecule has 1 fully saturated rings. The molecule has 1 saturated heterocycles. The van der Waals surface area contributed by atoms with Gasteiger partial charge in [-0.25, -0.2) is 4.79 Å². The van der Waals surface area contributed by atoms with Crippen molar-refractivity contribution >= 4 is 28.9 Å². The van der Waals surface area contributed by atoms with Gasteiger partial charge in [0.2, 0.25) is 0 Å². The third kappa shape index (κ3) is 3.25. The van der Waals surface area contributed by atoms with Gasteiger partial charge in [-0.2, -0.15) is 0 Å². The average molecular weight is 315 g/mol. The molecule has 1 aliphatic rings. The summed E-state index contributed by atoms with van der Waals surface area (Å²) in [5.41, 5.74) is -0.130. The van der Waals surface area contributed by atoms with Gasteiger partial charge in [0.25, 0.3) is 5.69 Å². The van der Waals surface area contributed by atoms with Crippen LogP contribution in [0.25, 0.3) is 0 Å². The minimum absolute atomic E-state index is 0.0830. The Morgan fingerprint density at radius 2 is 2.33 bits per heavy atom. The smallest absolute Gasteiger partial charge is 0.338 e. The molecule has 1 aliphatic heterocycles. The normalized spacial score (nSPS) is 18.0. The first kappa shape index (κ1) is 15.5. The zero-order valence-corrected chi connectivity index (χ0v) is 12.2. The maximum atomic E-state index is 11.4.